The van der Waals surface area contributed by atoms with Crippen LogP contribution in [0.3, 0.4) is 0 Å². The van der Waals surface area contributed by atoms with E-state index in [1.54, 1.807) is 0 Å². The van der Waals surface area contributed by atoms with Gasteiger partial charge in [0, 0.05) is 0 Å². The van der Waals surface area contributed by atoms with Gasteiger partial charge in [0.1, 0.15) is 0 Å². The third kappa shape index (κ3) is 284. The van der Waals surface area contributed by atoms with Crippen LogP contribution in [0.25, 0.3) is 0 Å². The van der Waals surface area contributed by atoms with Gasteiger partial charge in [0.2, 0.25) is 0 Å². The van der Waals surface area contributed by atoms with Crippen LogP contribution in [0.4, 0.5) is 0 Å². The van der Waals surface area contributed by atoms with Gasteiger partial charge in [-0.05, 0) is 0 Å². The highest BCUT2D eigenvalue weighted by Crippen LogP contribution is 1.78. The summed E-state index contributed by atoms with van der Waals surface area (Å²) in [6.45, 7) is 6.00. The van der Waals surface area contributed by atoms with Crippen LogP contribution in [0.2, 0.25) is 0 Å². The molecule has 0 N–H and O–H groups in total. The molecule has 0 atom stereocenters. The van der Waals surface area contributed by atoms with Crippen molar-refractivity contribution in [2.45, 2.75) is 0 Å². The molecule has 0 heterocycles. The number of halogens is 2. The average Bonchev–Trinajstić information content (AvgIpc) is 1.46. The standard InChI is InChI=1S/C2H4.Cl2O/c1-2;1-3-2/h1-2H2;. The van der Waals surface area contributed by atoms with Crippen molar-refractivity contribution in [1.29, 1.82) is 0 Å². The normalized spacial score (nSPS) is 4.40. The summed E-state index contributed by atoms with van der Waals surface area (Å²) < 4.78 is 3.19. The van der Waals surface area contributed by atoms with Gasteiger partial charge in [0.15, 0.2) is 0 Å². The van der Waals surface area contributed by atoms with Gasteiger partial charge in [0.05, 0.1) is 23.7 Å². The lowest BCUT2D eigenvalue weighted by Crippen LogP contribution is -1.15. The second-order valence-electron chi connectivity index (χ2n) is 0.0583. The molecule has 0 amide bonds. The first kappa shape index (κ1) is 8.99. The summed E-state index contributed by atoms with van der Waals surface area (Å²) in [5, 5.41) is 0. The molecule has 3 heteroatoms. The highest BCUT2D eigenvalue weighted by molar-refractivity contribution is 6.24. The minimum Gasteiger partial charge on any atom is -0.166 e. The van der Waals surface area contributed by atoms with E-state index in [1.165, 1.54) is 0 Å². The van der Waals surface area contributed by atoms with E-state index in [-0.39, 0.29) is 0 Å². The molecule has 0 fully saturated rings. The van der Waals surface area contributed by atoms with Gasteiger partial charge in [0.25, 0.3) is 0 Å². The summed E-state index contributed by atoms with van der Waals surface area (Å²) >= 11 is 8.53. The molecular formula is C2H4Cl2O. The first-order valence-electron chi connectivity index (χ1n) is 0.809. The van der Waals surface area contributed by atoms with E-state index in [9.17, 15) is 0 Å². The largest absolute Gasteiger partial charge is 0.166 e. The van der Waals surface area contributed by atoms with Gasteiger partial charge in [-0.1, -0.05) is 0 Å². The Morgan fingerprint density at radius 1 is 1.20 bits per heavy atom. The van der Waals surface area contributed by atoms with Gasteiger partial charge in [-0.2, -0.15) is 3.84 Å². The van der Waals surface area contributed by atoms with Crippen LogP contribution in [-0.2, 0) is 3.84 Å². The second-order valence-corrected chi connectivity index (χ2v) is 0.525. The van der Waals surface area contributed by atoms with Crippen molar-refractivity contribution in [2.75, 3.05) is 0 Å². The van der Waals surface area contributed by atoms with Crippen LogP contribution in [0.1, 0.15) is 0 Å². The van der Waals surface area contributed by atoms with Crippen molar-refractivity contribution in [2.24, 2.45) is 0 Å². The molecule has 32 valence electrons. The fraction of sp³-hybridized carbons (Fsp3) is 0. The third-order valence-electron chi connectivity index (χ3n) is 0. The molecule has 0 aliphatic rings. The molecule has 0 aliphatic heterocycles. The summed E-state index contributed by atoms with van der Waals surface area (Å²) in [7, 11) is 0. The number of rotatable bonds is 0. The molecule has 0 saturated carbocycles. The zero-order valence-corrected chi connectivity index (χ0v) is 4.09. The zero-order chi connectivity index (χ0) is 4.71. The summed E-state index contributed by atoms with van der Waals surface area (Å²) in [5.41, 5.74) is 0. The maximum Gasteiger partial charge on any atom is 0.0832 e. The van der Waals surface area contributed by atoms with E-state index < -0.39 is 0 Å². The van der Waals surface area contributed by atoms with Crippen LogP contribution in [0.5, 0.6) is 0 Å². The Kier molecular flexibility index (Phi) is 50.5. The molecule has 0 aliphatic carbocycles. The number of hydrogen-bond donors (Lipinski definition) is 0. The van der Waals surface area contributed by atoms with E-state index in [0.29, 0.717) is 0 Å². The minimum atomic E-state index is 3.00. The van der Waals surface area contributed by atoms with E-state index in [1.807, 2.05) is 0 Å². The van der Waals surface area contributed by atoms with Gasteiger partial charge in [-0.3, -0.25) is 0 Å². The average molecular weight is 115 g/mol. The SMILES string of the molecule is C=C.ClOCl. The van der Waals surface area contributed by atoms with E-state index in [4.69, 9.17) is 0 Å². The first-order valence-corrected chi connectivity index (χ1v) is 1.43. The molecular weight excluding hydrogens is 111 g/mol. The van der Waals surface area contributed by atoms with Crippen LogP contribution in [0.15, 0.2) is 13.2 Å². The molecule has 0 aromatic rings. The lowest BCUT2D eigenvalue weighted by molar-refractivity contribution is 0.697. The molecule has 0 aromatic carbocycles. The molecule has 0 saturated heterocycles. The summed E-state index contributed by atoms with van der Waals surface area (Å²) in [5.74, 6) is 0. The Morgan fingerprint density at radius 2 is 1.20 bits per heavy atom. The number of hydrogen-bond acceptors (Lipinski definition) is 1. The molecule has 0 radical (unpaired) electrons. The highest BCUT2D eigenvalue weighted by Gasteiger charge is 1.38. The third-order valence-corrected chi connectivity index (χ3v) is 0. The maximum atomic E-state index is 4.26. The molecule has 0 bridgehead atoms. The first-order chi connectivity index (χ1) is 2.41. The Bertz CT molecular complexity index is 11.6. The predicted octanol–water partition coefficient (Wildman–Crippen LogP) is 2.11. The maximum absolute atomic E-state index is 4.26. The second kappa shape index (κ2) is 28.1. The lowest BCUT2D eigenvalue weighted by Gasteiger charge is -1.46. The Labute approximate surface area is 41.5 Å². The van der Waals surface area contributed by atoms with Crippen LogP contribution in [-0.4, -0.2) is 0 Å². The van der Waals surface area contributed by atoms with Gasteiger partial charge >= 0.3 is 0 Å². The summed E-state index contributed by atoms with van der Waals surface area (Å²) in [4.78, 5) is 0. The van der Waals surface area contributed by atoms with Gasteiger partial charge in [-0.25, -0.2) is 0 Å². The summed E-state index contributed by atoms with van der Waals surface area (Å²) in [6.07, 6.45) is 0. The molecule has 0 rings (SSSR count). The quantitative estimate of drug-likeness (QED) is 0.439. The van der Waals surface area contributed by atoms with Gasteiger partial charge in [-0.15, -0.1) is 13.2 Å². The monoisotopic (exact) mass is 114 g/mol. The molecule has 1 nitrogen and oxygen atoms in total. The van der Waals surface area contributed by atoms with Crippen LogP contribution in [0, 0.1) is 0 Å². The highest BCUT2D eigenvalue weighted by atomic mass is 35.6. The molecule has 0 aromatic heterocycles. The Hall–Kier alpha value is 0.280. The van der Waals surface area contributed by atoms with Crippen molar-refractivity contribution in [3.8, 4) is 0 Å². The Morgan fingerprint density at radius 3 is 1.20 bits per heavy atom. The topological polar surface area (TPSA) is 9.23 Å². The summed E-state index contributed by atoms with van der Waals surface area (Å²) in [6, 6.07) is 0. The fourth-order valence-corrected chi connectivity index (χ4v) is 0. The molecule has 5 heavy (non-hydrogen) atoms. The van der Waals surface area contributed by atoms with Crippen molar-refractivity contribution < 1.29 is 3.84 Å². The van der Waals surface area contributed by atoms with E-state index >= 15 is 0 Å². The predicted molar refractivity (Wildman–Crippen MR) is 24.0 cm³/mol. The Balaban J connectivity index is 0. The smallest absolute Gasteiger partial charge is 0.0832 e. The van der Waals surface area contributed by atoms with Crippen molar-refractivity contribution in [3.05, 3.63) is 13.2 Å². The van der Waals surface area contributed by atoms with E-state index in [2.05, 4.69) is 40.7 Å². The fourth-order valence-electron chi connectivity index (χ4n) is 0. The van der Waals surface area contributed by atoms with Crippen molar-refractivity contribution >= 4 is 23.7 Å². The van der Waals surface area contributed by atoms with Gasteiger partial charge < -0.3 is 0 Å². The van der Waals surface area contributed by atoms with Crippen molar-refractivity contribution in [3.63, 3.8) is 0 Å². The van der Waals surface area contributed by atoms with Crippen molar-refractivity contribution in [1.82, 2.24) is 0 Å². The molecule has 0 unspecified atom stereocenters. The molecule has 0 spiro atoms. The van der Waals surface area contributed by atoms with E-state index in [0.717, 1.165) is 0 Å². The lowest BCUT2D eigenvalue weighted by atomic mass is 11.3. The van der Waals surface area contributed by atoms with Crippen LogP contribution < -0.4 is 0 Å². The zero-order valence-electron chi connectivity index (χ0n) is 2.58. The van der Waals surface area contributed by atoms with Crippen LogP contribution >= 0.6 is 23.7 Å². The minimum absolute atomic E-state index is 3.00.